The molecule has 5 nitrogen and oxygen atoms in total. The summed E-state index contributed by atoms with van der Waals surface area (Å²) in [5.74, 6) is 0.642. The Morgan fingerprint density at radius 1 is 1.16 bits per heavy atom. The predicted molar refractivity (Wildman–Crippen MR) is 105 cm³/mol. The normalized spacial score (nSPS) is 15.5. The zero-order valence-electron chi connectivity index (χ0n) is 13.3. The molecule has 25 heavy (non-hydrogen) atoms. The summed E-state index contributed by atoms with van der Waals surface area (Å²) in [6, 6.07) is 5.38. The third kappa shape index (κ3) is 3.27. The number of nitrogens with zero attached hydrogens (tertiary/aromatic N) is 2. The summed E-state index contributed by atoms with van der Waals surface area (Å²) in [7, 11) is 0. The van der Waals surface area contributed by atoms with Crippen molar-refractivity contribution < 1.29 is 0 Å². The highest BCUT2D eigenvalue weighted by atomic mass is 35.5. The van der Waals surface area contributed by atoms with Crippen LogP contribution in [0.2, 0.25) is 10.0 Å². The minimum atomic E-state index is -0.125. The Bertz CT molecular complexity index is 976. The molecular formula is C17H16Cl2N4OS. The van der Waals surface area contributed by atoms with E-state index in [0.717, 1.165) is 48.6 Å². The lowest BCUT2D eigenvalue weighted by Gasteiger charge is -2.20. The fourth-order valence-electron chi connectivity index (χ4n) is 3.02. The van der Waals surface area contributed by atoms with Crippen molar-refractivity contribution in [3.63, 3.8) is 0 Å². The molecule has 130 valence electrons. The summed E-state index contributed by atoms with van der Waals surface area (Å²) in [5.41, 5.74) is 1.57. The molecule has 1 aliphatic rings. The van der Waals surface area contributed by atoms with E-state index in [2.05, 4.69) is 20.2 Å². The van der Waals surface area contributed by atoms with Gasteiger partial charge in [0, 0.05) is 30.6 Å². The van der Waals surface area contributed by atoms with E-state index in [9.17, 15) is 4.79 Å². The third-order valence-corrected chi connectivity index (χ3v) is 5.91. The minimum Gasteiger partial charge on any atom is -0.341 e. The molecule has 1 aromatic carbocycles. The third-order valence-electron chi connectivity index (χ3n) is 4.30. The van der Waals surface area contributed by atoms with Gasteiger partial charge in [-0.15, -0.1) is 11.3 Å². The highest BCUT2D eigenvalue weighted by molar-refractivity contribution is 7.17. The minimum absolute atomic E-state index is 0.125. The highest BCUT2D eigenvalue weighted by Gasteiger charge is 2.17. The number of anilines is 1. The molecule has 0 spiro atoms. The van der Waals surface area contributed by atoms with E-state index in [-0.39, 0.29) is 5.56 Å². The number of aromatic nitrogens is 2. The molecule has 0 radical (unpaired) electrons. The Kier molecular flexibility index (Phi) is 4.69. The van der Waals surface area contributed by atoms with Crippen LogP contribution in [0.15, 0.2) is 28.4 Å². The van der Waals surface area contributed by atoms with Gasteiger partial charge in [-0.05, 0) is 30.7 Å². The number of aromatic amines is 1. The maximum Gasteiger partial charge on any atom is 0.261 e. The average Bonchev–Trinajstić information content (AvgIpc) is 2.85. The quantitative estimate of drug-likeness (QED) is 0.694. The van der Waals surface area contributed by atoms with E-state index in [1.54, 1.807) is 12.1 Å². The number of fused-ring (bicyclic) bond motifs is 1. The second kappa shape index (κ2) is 6.96. The van der Waals surface area contributed by atoms with Crippen LogP contribution in [0.3, 0.4) is 0 Å². The van der Waals surface area contributed by atoms with Crippen LogP contribution in [0, 0.1) is 0 Å². The first-order valence-electron chi connectivity index (χ1n) is 8.06. The van der Waals surface area contributed by atoms with Crippen LogP contribution in [0.5, 0.6) is 0 Å². The van der Waals surface area contributed by atoms with Gasteiger partial charge in [0.15, 0.2) is 0 Å². The zero-order valence-corrected chi connectivity index (χ0v) is 15.6. The first kappa shape index (κ1) is 16.8. The van der Waals surface area contributed by atoms with Crippen LogP contribution in [0.4, 0.5) is 5.95 Å². The zero-order chi connectivity index (χ0) is 17.4. The number of hydrogen-bond acceptors (Lipinski definition) is 5. The molecule has 0 amide bonds. The SMILES string of the molecule is O=c1[nH]c(N2CCCNCC2)nc2scc(-c3ccc(Cl)c(Cl)c3)c12. The number of H-pyrrole nitrogens is 1. The van der Waals surface area contributed by atoms with Crippen LogP contribution in [-0.2, 0) is 0 Å². The van der Waals surface area contributed by atoms with Crippen LogP contribution in [-0.4, -0.2) is 36.1 Å². The van der Waals surface area contributed by atoms with E-state index in [0.29, 0.717) is 21.4 Å². The number of halogens is 2. The predicted octanol–water partition coefficient (Wildman–Crippen LogP) is 3.76. The van der Waals surface area contributed by atoms with Gasteiger partial charge in [0.1, 0.15) is 4.83 Å². The Balaban J connectivity index is 1.79. The van der Waals surface area contributed by atoms with Crippen molar-refractivity contribution in [1.82, 2.24) is 15.3 Å². The highest BCUT2D eigenvalue weighted by Crippen LogP contribution is 2.34. The Morgan fingerprint density at radius 3 is 2.88 bits per heavy atom. The summed E-state index contributed by atoms with van der Waals surface area (Å²) in [4.78, 5) is 23.2. The lowest BCUT2D eigenvalue weighted by Crippen LogP contribution is -2.31. The monoisotopic (exact) mass is 394 g/mol. The number of nitrogens with one attached hydrogen (secondary N) is 2. The molecule has 2 N–H and O–H groups in total. The van der Waals surface area contributed by atoms with E-state index in [1.807, 2.05) is 11.4 Å². The molecule has 8 heteroatoms. The molecule has 0 atom stereocenters. The molecule has 1 aliphatic heterocycles. The Morgan fingerprint density at radius 2 is 2.04 bits per heavy atom. The van der Waals surface area contributed by atoms with Gasteiger partial charge in [0.05, 0.1) is 15.4 Å². The van der Waals surface area contributed by atoms with Crippen LogP contribution >= 0.6 is 34.5 Å². The molecule has 0 saturated carbocycles. The van der Waals surface area contributed by atoms with Crippen molar-refractivity contribution in [2.24, 2.45) is 0 Å². The van der Waals surface area contributed by atoms with Crippen LogP contribution in [0.1, 0.15) is 6.42 Å². The van der Waals surface area contributed by atoms with Crippen molar-refractivity contribution >= 4 is 50.7 Å². The molecule has 0 bridgehead atoms. The molecule has 2 aromatic heterocycles. The molecule has 3 aromatic rings. The van der Waals surface area contributed by atoms with Gasteiger partial charge in [-0.25, -0.2) is 4.98 Å². The van der Waals surface area contributed by atoms with Gasteiger partial charge < -0.3 is 10.2 Å². The maximum absolute atomic E-state index is 12.7. The van der Waals surface area contributed by atoms with Gasteiger partial charge in [0.25, 0.3) is 5.56 Å². The van der Waals surface area contributed by atoms with Gasteiger partial charge in [-0.2, -0.15) is 0 Å². The lowest BCUT2D eigenvalue weighted by molar-refractivity contribution is 0.724. The van der Waals surface area contributed by atoms with Crippen LogP contribution in [0.25, 0.3) is 21.3 Å². The van der Waals surface area contributed by atoms with Crippen LogP contribution < -0.4 is 15.8 Å². The largest absolute Gasteiger partial charge is 0.341 e. The van der Waals surface area contributed by atoms with E-state index in [4.69, 9.17) is 23.2 Å². The maximum atomic E-state index is 12.7. The summed E-state index contributed by atoms with van der Waals surface area (Å²) in [6.07, 6.45) is 1.03. The van der Waals surface area contributed by atoms with Crippen molar-refractivity contribution in [3.05, 3.63) is 44.0 Å². The second-order valence-corrected chi connectivity index (χ2v) is 7.61. The molecule has 0 aliphatic carbocycles. The fraction of sp³-hybridized carbons (Fsp3) is 0.294. The smallest absolute Gasteiger partial charge is 0.261 e. The van der Waals surface area contributed by atoms with Gasteiger partial charge >= 0.3 is 0 Å². The summed E-state index contributed by atoms with van der Waals surface area (Å²) in [6.45, 7) is 3.59. The molecular weight excluding hydrogens is 379 g/mol. The van der Waals surface area contributed by atoms with E-state index in [1.165, 1.54) is 11.3 Å². The molecule has 3 heterocycles. The van der Waals surface area contributed by atoms with Gasteiger partial charge in [0.2, 0.25) is 5.95 Å². The first-order valence-corrected chi connectivity index (χ1v) is 9.69. The lowest BCUT2D eigenvalue weighted by atomic mass is 10.1. The van der Waals surface area contributed by atoms with E-state index >= 15 is 0 Å². The summed E-state index contributed by atoms with van der Waals surface area (Å²) >= 11 is 13.6. The topological polar surface area (TPSA) is 61.0 Å². The Labute approximate surface area is 158 Å². The van der Waals surface area contributed by atoms with Crippen molar-refractivity contribution in [3.8, 4) is 11.1 Å². The number of thiophene rings is 1. The van der Waals surface area contributed by atoms with Crippen molar-refractivity contribution in [2.45, 2.75) is 6.42 Å². The van der Waals surface area contributed by atoms with Crippen molar-refractivity contribution in [2.75, 3.05) is 31.1 Å². The average molecular weight is 395 g/mol. The first-order chi connectivity index (χ1) is 12.1. The fourth-order valence-corrected chi connectivity index (χ4v) is 4.26. The summed E-state index contributed by atoms with van der Waals surface area (Å²) < 4.78 is 0. The van der Waals surface area contributed by atoms with Gasteiger partial charge in [-0.3, -0.25) is 9.78 Å². The molecule has 4 rings (SSSR count). The number of rotatable bonds is 2. The second-order valence-electron chi connectivity index (χ2n) is 5.94. The standard InChI is InChI=1S/C17H16Cl2N4OS/c18-12-3-2-10(8-13(12)19)11-9-25-16-14(11)15(24)21-17(22-16)23-6-1-4-20-5-7-23/h2-3,8-9,20H,1,4-7H2,(H,21,22,24). The molecule has 1 saturated heterocycles. The molecule has 0 unspecified atom stereocenters. The van der Waals surface area contributed by atoms with E-state index < -0.39 is 0 Å². The summed E-state index contributed by atoms with van der Waals surface area (Å²) in [5, 5.41) is 6.86. The molecule has 1 fully saturated rings. The Hall–Kier alpha value is -1.60. The van der Waals surface area contributed by atoms with Gasteiger partial charge in [-0.1, -0.05) is 29.3 Å². The number of benzene rings is 1. The number of hydrogen-bond donors (Lipinski definition) is 2. The van der Waals surface area contributed by atoms with Crippen molar-refractivity contribution in [1.29, 1.82) is 0 Å².